The number of carbonyl (C=O) groups excluding carboxylic acids is 1. The maximum atomic E-state index is 13.7. The van der Waals surface area contributed by atoms with Crippen LogP contribution in [0.1, 0.15) is 30.4 Å². The third-order valence-electron chi connectivity index (χ3n) is 5.55. The lowest BCUT2D eigenvalue weighted by molar-refractivity contribution is -0.133. The van der Waals surface area contributed by atoms with Gasteiger partial charge in [0.15, 0.2) is 5.66 Å². The van der Waals surface area contributed by atoms with Crippen molar-refractivity contribution in [2.45, 2.75) is 24.9 Å². The molecule has 1 unspecified atom stereocenters. The molecule has 3 heteroatoms. The number of carbonyl (C=O) groups is 1. The summed E-state index contributed by atoms with van der Waals surface area (Å²) in [4.78, 5) is 18.2. The Labute approximate surface area is 149 Å². The van der Waals surface area contributed by atoms with Crippen LogP contribution in [-0.4, -0.2) is 41.9 Å². The van der Waals surface area contributed by atoms with E-state index < -0.39 is 5.66 Å². The Morgan fingerprint density at radius 2 is 1.48 bits per heavy atom. The van der Waals surface area contributed by atoms with E-state index in [0.717, 1.165) is 48.2 Å². The zero-order chi connectivity index (χ0) is 17.4. The van der Waals surface area contributed by atoms with E-state index in [-0.39, 0.29) is 5.78 Å². The Morgan fingerprint density at radius 3 is 2.08 bits per heavy atom. The van der Waals surface area contributed by atoms with Crippen LogP contribution in [0.3, 0.4) is 0 Å². The van der Waals surface area contributed by atoms with Gasteiger partial charge in [0.2, 0.25) is 5.78 Å². The van der Waals surface area contributed by atoms with Gasteiger partial charge in [0.1, 0.15) is 0 Å². The Bertz CT molecular complexity index is 810. The van der Waals surface area contributed by atoms with E-state index in [4.69, 9.17) is 0 Å². The van der Waals surface area contributed by atoms with Gasteiger partial charge in [0, 0.05) is 6.54 Å². The Hall–Kier alpha value is -2.39. The van der Waals surface area contributed by atoms with Crippen LogP contribution in [0.15, 0.2) is 60.7 Å². The highest BCUT2D eigenvalue weighted by Gasteiger charge is 2.55. The molecule has 0 amide bonds. The van der Waals surface area contributed by atoms with Gasteiger partial charge in [-0.15, -0.1) is 0 Å². The minimum atomic E-state index is -0.547. The van der Waals surface area contributed by atoms with Gasteiger partial charge in [-0.25, -0.2) is 0 Å². The topological polar surface area (TPSA) is 23.6 Å². The lowest BCUT2D eigenvalue weighted by Gasteiger charge is -2.47. The third kappa shape index (κ3) is 2.34. The Kier molecular flexibility index (Phi) is 3.97. The number of hydrogen-bond donors (Lipinski definition) is 0. The van der Waals surface area contributed by atoms with Crippen molar-refractivity contribution < 1.29 is 4.79 Å². The minimum absolute atomic E-state index is 0.238. The van der Waals surface area contributed by atoms with E-state index >= 15 is 0 Å². The van der Waals surface area contributed by atoms with Crippen molar-refractivity contribution in [2.24, 2.45) is 0 Å². The van der Waals surface area contributed by atoms with Crippen LogP contribution < -0.4 is 0 Å². The fourth-order valence-electron chi connectivity index (χ4n) is 4.37. The summed E-state index contributed by atoms with van der Waals surface area (Å²) in [5, 5.41) is 0. The van der Waals surface area contributed by atoms with Gasteiger partial charge in [-0.05, 0) is 44.5 Å². The van der Waals surface area contributed by atoms with Gasteiger partial charge in [0.05, 0.1) is 11.3 Å². The van der Waals surface area contributed by atoms with Crippen molar-refractivity contribution in [3.05, 3.63) is 71.8 Å². The number of ketones is 1. The molecule has 0 aromatic heterocycles. The van der Waals surface area contributed by atoms with Gasteiger partial charge < -0.3 is 4.90 Å². The molecule has 25 heavy (non-hydrogen) atoms. The lowest BCUT2D eigenvalue weighted by Crippen LogP contribution is -2.61. The summed E-state index contributed by atoms with van der Waals surface area (Å²) in [6.45, 7) is 0.921. The van der Waals surface area contributed by atoms with Gasteiger partial charge in [-0.2, -0.15) is 0 Å². The van der Waals surface area contributed by atoms with Crippen LogP contribution >= 0.6 is 0 Å². The fraction of sp³-hybridized carbons (Fsp3) is 0.318. The highest BCUT2D eigenvalue weighted by atomic mass is 16.1. The molecule has 0 spiro atoms. The third-order valence-corrected chi connectivity index (χ3v) is 5.55. The Balaban J connectivity index is 1.98. The van der Waals surface area contributed by atoms with Crippen molar-refractivity contribution in [2.75, 3.05) is 20.6 Å². The molecule has 3 nitrogen and oxygen atoms in total. The van der Waals surface area contributed by atoms with Crippen molar-refractivity contribution in [3.8, 4) is 0 Å². The Morgan fingerprint density at radius 1 is 0.880 bits per heavy atom. The molecule has 0 saturated carbocycles. The highest BCUT2D eigenvalue weighted by Crippen LogP contribution is 2.48. The molecule has 0 radical (unpaired) electrons. The van der Waals surface area contributed by atoms with Crippen LogP contribution in [0, 0.1) is 0 Å². The van der Waals surface area contributed by atoms with Crippen molar-refractivity contribution in [1.29, 1.82) is 0 Å². The molecule has 2 aromatic carbocycles. The maximum absolute atomic E-state index is 13.7. The van der Waals surface area contributed by atoms with Gasteiger partial charge in [0.25, 0.3) is 0 Å². The molecule has 2 aliphatic heterocycles. The zero-order valence-corrected chi connectivity index (χ0v) is 14.9. The smallest absolute Gasteiger partial charge is 0.206 e. The first-order valence-electron chi connectivity index (χ1n) is 9.01. The molecule has 1 atom stereocenters. The minimum Gasteiger partial charge on any atom is -0.345 e. The van der Waals surface area contributed by atoms with Crippen molar-refractivity contribution in [1.82, 2.24) is 9.80 Å². The van der Waals surface area contributed by atoms with Crippen LogP contribution in [0.25, 0.3) is 11.3 Å². The van der Waals surface area contributed by atoms with E-state index in [0.29, 0.717) is 0 Å². The number of piperidine rings is 1. The molecule has 128 valence electrons. The first kappa shape index (κ1) is 16.1. The fourth-order valence-corrected chi connectivity index (χ4v) is 4.37. The van der Waals surface area contributed by atoms with Gasteiger partial charge >= 0.3 is 0 Å². The summed E-state index contributed by atoms with van der Waals surface area (Å²) < 4.78 is 0. The molecule has 1 saturated heterocycles. The summed E-state index contributed by atoms with van der Waals surface area (Å²) >= 11 is 0. The summed E-state index contributed by atoms with van der Waals surface area (Å²) in [6, 6.07) is 20.5. The number of rotatable bonds is 3. The number of fused-ring (bicyclic) bond motifs is 1. The van der Waals surface area contributed by atoms with E-state index in [9.17, 15) is 4.79 Å². The van der Waals surface area contributed by atoms with Gasteiger partial charge in [-0.3, -0.25) is 9.69 Å². The van der Waals surface area contributed by atoms with Crippen molar-refractivity contribution >= 4 is 17.1 Å². The van der Waals surface area contributed by atoms with Crippen LogP contribution in [0.4, 0.5) is 0 Å². The average molecular weight is 332 g/mol. The van der Waals surface area contributed by atoms with Gasteiger partial charge in [-0.1, -0.05) is 60.7 Å². The predicted molar refractivity (Wildman–Crippen MR) is 102 cm³/mol. The molecule has 0 N–H and O–H groups in total. The quantitative estimate of drug-likeness (QED) is 0.852. The van der Waals surface area contributed by atoms with Crippen LogP contribution in [0.5, 0.6) is 0 Å². The van der Waals surface area contributed by atoms with Crippen molar-refractivity contribution in [3.63, 3.8) is 0 Å². The maximum Gasteiger partial charge on any atom is 0.206 e. The summed E-state index contributed by atoms with van der Waals surface area (Å²) in [5.74, 6) is 0.238. The molecule has 2 aliphatic rings. The first-order chi connectivity index (χ1) is 12.2. The molecule has 0 bridgehead atoms. The number of nitrogens with zero attached hydrogens (tertiary/aromatic N) is 2. The van der Waals surface area contributed by atoms with Crippen LogP contribution in [0.2, 0.25) is 0 Å². The van der Waals surface area contributed by atoms with Crippen LogP contribution in [-0.2, 0) is 4.79 Å². The SMILES string of the molecule is CN(C)C12CCCCN1C(c1ccccc1)=C(c1ccccc1)C2=O. The predicted octanol–water partition coefficient (Wildman–Crippen LogP) is 3.88. The standard InChI is InChI=1S/C22H24N2O/c1-23(2)22-15-9-10-16-24(22)20(18-13-7-4-8-14-18)19(21(22)25)17-11-5-3-6-12-17/h3-8,11-14H,9-10,15-16H2,1-2H3. The summed E-state index contributed by atoms with van der Waals surface area (Å²) in [5.41, 5.74) is 3.55. The molecule has 4 rings (SSSR count). The first-order valence-corrected chi connectivity index (χ1v) is 9.01. The normalized spacial score (nSPS) is 23.3. The van der Waals surface area contributed by atoms with E-state index in [1.807, 2.05) is 38.4 Å². The largest absolute Gasteiger partial charge is 0.345 e. The second kappa shape index (κ2) is 6.16. The second-order valence-electron chi connectivity index (χ2n) is 7.10. The van der Waals surface area contributed by atoms with E-state index in [1.54, 1.807) is 0 Å². The lowest BCUT2D eigenvalue weighted by atomic mass is 9.89. The number of Topliss-reactive ketones (excluding diaryl/α,β-unsaturated/α-hetero) is 1. The molecule has 2 aromatic rings. The number of hydrogen-bond acceptors (Lipinski definition) is 3. The summed E-state index contributed by atoms with van der Waals surface area (Å²) in [7, 11) is 4.07. The number of likely N-dealkylation sites (N-methyl/N-ethyl adjacent to an activating group) is 1. The monoisotopic (exact) mass is 332 g/mol. The van der Waals surface area contributed by atoms with E-state index in [2.05, 4.69) is 46.2 Å². The molecular formula is C22H24N2O. The second-order valence-corrected chi connectivity index (χ2v) is 7.10. The summed E-state index contributed by atoms with van der Waals surface area (Å²) in [6.07, 6.45) is 3.09. The molecule has 2 heterocycles. The molecular weight excluding hydrogens is 308 g/mol. The zero-order valence-electron chi connectivity index (χ0n) is 14.9. The average Bonchev–Trinajstić information content (AvgIpc) is 2.93. The molecule has 0 aliphatic carbocycles. The highest BCUT2D eigenvalue weighted by molar-refractivity contribution is 6.34. The molecule has 1 fully saturated rings. The number of benzene rings is 2. The van der Waals surface area contributed by atoms with E-state index in [1.165, 1.54) is 0 Å².